The molecule has 0 atom stereocenters. The van der Waals surface area contributed by atoms with E-state index in [-0.39, 0.29) is 11.0 Å². The zero-order valence-electron chi connectivity index (χ0n) is 17.1. The van der Waals surface area contributed by atoms with Gasteiger partial charge in [-0.05, 0) is 49.4 Å². The van der Waals surface area contributed by atoms with Gasteiger partial charge in [-0.1, -0.05) is 42.0 Å². The van der Waals surface area contributed by atoms with Crippen LogP contribution in [0.4, 0.5) is 4.79 Å². The van der Waals surface area contributed by atoms with Crippen LogP contribution in [0.15, 0.2) is 57.9 Å². The summed E-state index contributed by atoms with van der Waals surface area (Å²) in [5.41, 5.74) is 4.19. The zero-order chi connectivity index (χ0) is 22.0. The van der Waals surface area contributed by atoms with Gasteiger partial charge in [-0.15, -0.1) is 0 Å². The fraction of sp³-hybridized carbons (Fsp3) is 0.167. The van der Waals surface area contributed by atoms with Crippen LogP contribution >= 0.6 is 11.8 Å². The molecule has 1 fully saturated rings. The van der Waals surface area contributed by atoms with E-state index in [0.29, 0.717) is 35.0 Å². The third-order valence-corrected chi connectivity index (χ3v) is 5.76. The number of ketones is 1. The van der Waals surface area contributed by atoms with Crippen LogP contribution in [0.3, 0.4) is 0 Å². The van der Waals surface area contributed by atoms with Crippen molar-refractivity contribution in [2.24, 2.45) is 0 Å². The predicted octanol–water partition coefficient (Wildman–Crippen LogP) is 5.10. The van der Waals surface area contributed by atoms with Gasteiger partial charge in [-0.2, -0.15) is 0 Å². The number of imide groups is 1. The van der Waals surface area contributed by atoms with E-state index in [1.807, 2.05) is 38.1 Å². The molecule has 2 aromatic carbocycles. The number of oxazole rings is 1. The first-order valence-electron chi connectivity index (χ1n) is 9.80. The standard InChI is InChI=1S/C24H20N2O4S/c1-14-3-7-18(8-4-14)23-25-19(15(2)30-23)11-12-20(27)17-9-5-16(6-10-17)13-21-22(28)26-24(29)31-21/h3-10,13H,11-12H2,1-2H3,(H,26,28,29)/b21-13+. The number of nitrogens with zero attached hydrogens (tertiary/aromatic N) is 1. The Labute approximate surface area is 183 Å². The maximum absolute atomic E-state index is 12.6. The van der Waals surface area contributed by atoms with Gasteiger partial charge in [0.15, 0.2) is 5.78 Å². The van der Waals surface area contributed by atoms with Gasteiger partial charge in [0.2, 0.25) is 5.89 Å². The molecule has 1 aliphatic heterocycles. The molecule has 2 heterocycles. The van der Waals surface area contributed by atoms with E-state index >= 15 is 0 Å². The minimum atomic E-state index is -0.400. The first-order valence-corrected chi connectivity index (χ1v) is 10.6. The molecule has 0 saturated carbocycles. The van der Waals surface area contributed by atoms with E-state index in [2.05, 4.69) is 10.3 Å². The monoisotopic (exact) mass is 432 g/mol. The zero-order valence-corrected chi connectivity index (χ0v) is 17.9. The van der Waals surface area contributed by atoms with E-state index in [0.717, 1.165) is 28.6 Å². The van der Waals surface area contributed by atoms with Gasteiger partial charge in [0.25, 0.3) is 11.1 Å². The molecule has 0 spiro atoms. The van der Waals surface area contributed by atoms with Crippen LogP contribution in [0.5, 0.6) is 0 Å². The van der Waals surface area contributed by atoms with Crippen molar-refractivity contribution in [3.8, 4) is 11.5 Å². The summed E-state index contributed by atoms with van der Waals surface area (Å²) in [6, 6.07) is 14.9. The smallest absolute Gasteiger partial charge is 0.290 e. The van der Waals surface area contributed by atoms with Gasteiger partial charge in [0.05, 0.1) is 10.6 Å². The lowest BCUT2D eigenvalue weighted by atomic mass is 10.0. The summed E-state index contributed by atoms with van der Waals surface area (Å²) in [4.78, 5) is 40.4. The van der Waals surface area contributed by atoms with Crippen molar-refractivity contribution in [2.75, 3.05) is 0 Å². The van der Waals surface area contributed by atoms with Crippen LogP contribution in [0.25, 0.3) is 17.5 Å². The van der Waals surface area contributed by atoms with Crippen molar-refractivity contribution in [3.63, 3.8) is 0 Å². The highest BCUT2D eigenvalue weighted by Gasteiger charge is 2.24. The fourth-order valence-corrected chi connectivity index (χ4v) is 3.88. The number of hydrogen-bond acceptors (Lipinski definition) is 6. The molecule has 1 aromatic heterocycles. The molecule has 156 valence electrons. The largest absolute Gasteiger partial charge is 0.441 e. The Balaban J connectivity index is 1.40. The Morgan fingerprint density at radius 3 is 2.42 bits per heavy atom. The van der Waals surface area contributed by atoms with E-state index in [9.17, 15) is 14.4 Å². The van der Waals surface area contributed by atoms with Gasteiger partial charge < -0.3 is 4.42 Å². The van der Waals surface area contributed by atoms with Crippen molar-refractivity contribution in [1.82, 2.24) is 10.3 Å². The van der Waals surface area contributed by atoms with E-state index < -0.39 is 5.91 Å². The van der Waals surface area contributed by atoms with Crippen molar-refractivity contribution in [3.05, 3.63) is 81.6 Å². The summed E-state index contributed by atoms with van der Waals surface area (Å²) < 4.78 is 5.79. The molecule has 3 aromatic rings. The number of amides is 2. The third kappa shape index (κ3) is 4.83. The number of nitrogens with one attached hydrogen (secondary N) is 1. The number of carbonyl (C=O) groups is 3. The van der Waals surface area contributed by atoms with Crippen LogP contribution in [-0.2, 0) is 11.2 Å². The summed E-state index contributed by atoms with van der Waals surface area (Å²) in [6.07, 6.45) is 2.43. The highest BCUT2D eigenvalue weighted by atomic mass is 32.2. The predicted molar refractivity (Wildman–Crippen MR) is 120 cm³/mol. The maximum Gasteiger partial charge on any atom is 0.290 e. The summed E-state index contributed by atoms with van der Waals surface area (Å²) >= 11 is 0.866. The number of hydrogen-bond donors (Lipinski definition) is 1. The van der Waals surface area contributed by atoms with Crippen molar-refractivity contribution in [1.29, 1.82) is 0 Å². The molecule has 0 bridgehead atoms. The number of aromatic nitrogens is 1. The van der Waals surface area contributed by atoms with Crippen molar-refractivity contribution in [2.45, 2.75) is 26.7 Å². The molecule has 1 aliphatic rings. The quantitative estimate of drug-likeness (QED) is 0.431. The van der Waals surface area contributed by atoms with Gasteiger partial charge in [0, 0.05) is 24.0 Å². The molecule has 1 saturated heterocycles. The number of thioether (sulfide) groups is 1. The summed E-state index contributed by atoms with van der Waals surface area (Å²) in [5, 5.41) is 1.84. The summed E-state index contributed by atoms with van der Waals surface area (Å²) in [6.45, 7) is 3.88. The second-order valence-electron chi connectivity index (χ2n) is 7.29. The Hall–Kier alpha value is -3.45. The summed E-state index contributed by atoms with van der Waals surface area (Å²) in [7, 11) is 0. The molecular formula is C24H20N2O4S. The molecule has 0 unspecified atom stereocenters. The normalized spacial score (nSPS) is 14.8. The van der Waals surface area contributed by atoms with Gasteiger partial charge in [-0.25, -0.2) is 4.98 Å². The highest BCUT2D eigenvalue weighted by Crippen LogP contribution is 2.26. The first-order chi connectivity index (χ1) is 14.9. The SMILES string of the molecule is Cc1ccc(-c2nc(CCC(=O)c3ccc(/C=C4/SC(=O)NC4=O)cc3)c(C)o2)cc1. The Bertz CT molecular complexity index is 1190. The number of rotatable bonds is 6. The highest BCUT2D eigenvalue weighted by molar-refractivity contribution is 8.18. The molecule has 4 rings (SSSR count). The molecular weight excluding hydrogens is 412 g/mol. The molecule has 7 heteroatoms. The second-order valence-corrected chi connectivity index (χ2v) is 8.30. The minimum Gasteiger partial charge on any atom is -0.441 e. The first kappa shape index (κ1) is 20.8. The van der Waals surface area contributed by atoms with Crippen LogP contribution < -0.4 is 5.32 Å². The maximum atomic E-state index is 12.6. The number of benzene rings is 2. The number of Topliss-reactive ketones (excluding diaryl/α,β-unsaturated/α-hetero) is 1. The average molecular weight is 433 g/mol. The lowest BCUT2D eigenvalue weighted by Gasteiger charge is -2.02. The molecule has 1 N–H and O–H groups in total. The van der Waals surface area contributed by atoms with E-state index in [1.54, 1.807) is 30.3 Å². The van der Waals surface area contributed by atoms with Crippen LogP contribution in [-0.4, -0.2) is 21.9 Å². The third-order valence-electron chi connectivity index (χ3n) is 4.95. The lowest BCUT2D eigenvalue weighted by molar-refractivity contribution is -0.115. The molecule has 31 heavy (non-hydrogen) atoms. The molecule has 2 amide bonds. The molecule has 6 nitrogen and oxygen atoms in total. The minimum absolute atomic E-state index is 0.00153. The van der Waals surface area contributed by atoms with Crippen LogP contribution in [0.1, 0.15) is 39.4 Å². The van der Waals surface area contributed by atoms with Gasteiger partial charge >= 0.3 is 0 Å². The Morgan fingerprint density at radius 2 is 1.77 bits per heavy atom. The molecule has 0 aliphatic carbocycles. The van der Waals surface area contributed by atoms with E-state index in [4.69, 9.17) is 4.42 Å². The average Bonchev–Trinajstić information content (AvgIpc) is 3.28. The lowest BCUT2D eigenvalue weighted by Crippen LogP contribution is -2.17. The topological polar surface area (TPSA) is 89.3 Å². The van der Waals surface area contributed by atoms with Gasteiger partial charge in [-0.3, -0.25) is 19.7 Å². The summed E-state index contributed by atoms with van der Waals surface area (Å²) in [5.74, 6) is 0.877. The Morgan fingerprint density at radius 1 is 1.06 bits per heavy atom. The van der Waals surface area contributed by atoms with Crippen LogP contribution in [0.2, 0.25) is 0 Å². The van der Waals surface area contributed by atoms with Crippen molar-refractivity contribution >= 4 is 34.8 Å². The Kier molecular flexibility index (Phi) is 5.86. The fourth-order valence-electron chi connectivity index (χ4n) is 3.19. The second kappa shape index (κ2) is 8.73. The number of aryl methyl sites for hydroxylation is 3. The van der Waals surface area contributed by atoms with E-state index in [1.165, 1.54) is 5.56 Å². The number of carbonyl (C=O) groups excluding carboxylic acids is 3. The van der Waals surface area contributed by atoms with Gasteiger partial charge in [0.1, 0.15) is 5.76 Å². The van der Waals surface area contributed by atoms with Crippen LogP contribution in [0, 0.1) is 13.8 Å². The van der Waals surface area contributed by atoms with Crippen molar-refractivity contribution < 1.29 is 18.8 Å². The molecule has 0 radical (unpaired) electrons.